The first-order valence-corrected chi connectivity index (χ1v) is 4.03. The predicted octanol–water partition coefficient (Wildman–Crippen LogP) is 1.09. The van der Waals surface area contributed by atoms with E-state index in [4.69, 9.17) is 5.73 Å². The minimum Gasteiger partial charge on any atom is -0.325 e. The number of aryl methyl sites for hydroxylation is 2. The molecule has 0 aliphatic heterocycles. The average molecular weight is 189 g/mol. The zero-order valence-electron chi connectivity index (χ0n) is 7.72. The fourth-order valence-corrected chi connectivity index (χ4v) is 1.12. The molecule has 0 aliphatic carbocycles. The second kappa shape index (κ2) is 3.41. The first-order chi connectivity index (χ1) is 5.94. The van der Waals surface area contributed by atoms with E-state index in [2.05, 4.69) is 5.10 Å². The molecule has 0 atom stereocenters. The average Bonchev–Trinajstić information content (AvgIpc) is 2.30. The van der Waals surface area contributed by atoms with E-state index in [0.717, 1.165) is 11.4 Å². The fourth-order valence-electron chi connectivity index (χ4n) is 1.12. The number of aromatic nitrogens is 2. The third-order valence-electron chi connectivity index (χ3n) is 1.78. The highest BCUT2D eigenvalue weighted by Gasteiger charge is 2.28. The van der Waals surface area contributed by atoms with Crippen LogP contribution in [-0.4, -0.2) is 22.2 Å². The molecule has 0 saturated heterocycles. The molecule has 0 aromatic carbocycles. The van der Waals surface area contributed by atoms with Crippen LogP contribution in [0.5, 0.6) is 0 Å². The van der Waals surface area contributed by atoms with Gasteiger partial charge in [0.15, 0.2) is 0 Å². The van der Waals surface area contributed by atoms with Crippen molar-refractivity contribution in [3.8, 4) is 0 Å². The molecule has 13 heavy (non-hydrogen) atoms. The molecule has 1 aromatic rings. The highest BCUT2D eigenvalue weighted by atomic mass is 19.3. The van der Waals surface area contributed by atoms with Gasteiger partial charge in [0.2, 0.25) is 0 Å². The number of nitrogens with two attached hydrogens (primary N) is 1. The molecule has 74 valence electrons. The van der Waals surface area contributed by atoms with Gasteiger partial charge >= 0.3 is 0 Å². The van der Waals surface area contributed by atoms with Crippen molar-refractivity contribution in [1.29, 1.82) is 0 Å². The first kappa shape index (κ1) is 10.1. The highest BCUT2D eigenvalue weighted by molar-refractivity contribution is 5.06. The lowest BCUT2D eigenvalue weighted by molar-refractivity contribution is -0.0104. The molecule has 2 N–H and O–H groups in total. The van der Waals surface area contributed by atoms with Crippen LogP contribution < -0.4 is 5.73 Å². The van der Waals surface area contributed by atoms with Gasteiger partial charge in [-0.05, 0) is 19.9 Å². The van der Waals surface area contributed by atoms with E-state index in [9.17, 15) is 8.78 Å². The fraction of sp³-hybridized carbons (Fsp3) is 0.625. The van der Waals surface area contributed by atoms with Gasteiger partial charge in [-0.15, -0.1) is 0 Å². The van der Waals surface area contributed by atoms with Gasteiger partial charge < -0.3 is 5.73 Å². The zero-order valence-corrected chi connectivity index (χ0v) is 7.72. The second-order valence-corrected chi connectivity index (χ2v) is 3.14. The van der Waals surface area contributed by atoms with Crippen LogP contribution in [0, 0.1) is 13.8 Å². The van der Waals surface area contributed by atoms with Crippen molar-refractivity contribution in [2.45, 2.75) is 26.3 Å². The maximum absolute atomic E-state index is 12.8. The van der Waals surface area contributed by atoms with E-state index in [1.54, 1.807) is 19.9 Å². The summed E-state index contributed by atoms with van der Waals surface area (Å²) in [6, 6.07) is 1.76. The first-order valence-electron chi connectivity index (χ1n) is 4.03. The third-order valence-corrected chi connectivity index (χ3v) is 1.78. The summed E-state index contributed by atoms with van der Waals surface area (Å²) in [6.45, 7) is 2.42. The van der Waals surface area contributed by atoms with Gasteiger partial charge in [0.1, 0.15) is 6.54 Å². The van der Waals surface area contributed by atoms with Crippen LogP contribution in [0.25, 0.3) is 0 Å². The Labute approximate surface area is 75.5 Å². The Hall–Kier alpha value is -0.970. The monoisotopic (exact) mass is 189 g/mol. The van der Waals surface area contributed by atoms with Crippen LogP contribution in [0.4, 0.5) is 8.78 Å². The highest BCUT2D eigenvalue weighted by Crippen LogP contribution is 2.15. The molecule has 0 fully saturated rings. The van der Waals surface area contributed by atoms with E-state index in [0.29, 0.717) is 0 Å². The predicted molar refractivity (Wildman–Crippen MR) is 45.7 cm³/mol. The normalized spacial score (nSPS) is 12.1. The summed E-state index contributed by atoms with van der Waals surface area (Å²) in [7, 11) is 0. The van der Waals surface area contributed by atoms with Crippen molar-refractivity contribution in [1.82, 2.24) is 9.78 Å². The molecule has 1 aromatic heterocycles. The lowest BCUT2D eigenvalue weighted by Gasteiger charge is -2.14. The van der Waals surface area contributed by atoms with Crippen LogP contribution in [0.15, 0.2) is 6.07 Å². The molecule has 0 radical (unpaired) electrons. The summed E-state index contributed by atoms with van der Waals surface area (Å²) in [5.74, 6) is -2.87. The van der Waals surface area contributed by atoms with E-state index in [1.807, 2.05) is 0 Å². The minimum atomic E-state index is -2.87. The summed E-state index contributed by atoms with van der Waals surface area (Å²) < 4.78 is 27.0. The summed E-state index contributed by atoms with van der Waals surface area (Å²) in [5, 5.41) is 3.92. The Balaban J connectivity index is 2.79. The molecule has 0 saturated carbocycles. The number of alkyl halides is 2. The maximum atomic E-state index is 12.8. The minimum absolute atomic E-state index is 0.441. The van der Waals surface area contributed by atoms with Gasteiger partial charge in [0, 0.05) is 5.69 Å². The van der Waals surface area contributed by atoms with Crippen LogP contribution >= 0.6 is 0 Å². The van der Waals surface area contributed by atoms with Gasteiger partial charge in [-0.2, -0.15) is 5.10 Å². The summed E-state index contributed by atoms with van der Waals surface area (Å²) in [5.41, 5.74) is 6.39. The van der Waals surface area contributed by atoms with Gasteiger partial charge in [0.05, 0.1) is 12.2 Å². The van der Waals surface area contributed by atoms with Crippen molar-refractivity contribution in [2.24, 2.45) is 5.73 Å². The van der Waals surface area contributed by atoms with E-state index in [-0.39, 0.29) is 0 Å². The number of halogens is 2. The molecule has 0 bridgehead atoms. The molecular formula is C8H13F2N3. The van der Waals surface area contributed by atoms with Crippen molar-refractivity contribution >= 4 is 0 Å². The smallest absolute Gasteiger partial charge is 0.279 e. The van der Waals surface area contributed by atoms with Crippen LogP contribution in [0.3, 0.4) is 0 Å². The van der Waals surface area contributed by atoms with Crippen LogP contribution in [0.2, 0.25) is 0 Å². The topological polar surface area (TPSA) is 43.8 Å². The third kappa shape index (κ3) is 2.48. The molecule has 1 heterocycles. The summed E-state index contributed by atoms with van der Waals surface area (Å²) in [4.78, 5) is 0. The Morgan fingerprint density at radius 1 is 1.54 bits per heavy atom. The van der Waals surface area contributed by atoms with E-state index in [1.165, 1.54) is 4.68 Å². The van der Waals surface area contributed by atoms with Crippen molar-refractivity contribution in [3.05, 3.63) is 17.5 Å². The molecule has 0 unspecified atom stereocenters. The Morgan fingerprint density at radius 2 is 2.15 bits per heavy atom. The van der Waals surface area contributed by atoms with Crippen molar-refractivity contribution < 1.29 is 8.78 Å². The molecule has 5 heteroatoms. The number of hydrogen-bond donors (Lipinski definition) is 1. The SMILES string of the molecule is Cc1cc(C)n(CC(F)(F)CN)n1. The van der Waals surface area contributed by atoms with Gasteiger partial charge in [-0.1, -0.05) is 0 Å². The van der Waals surface area contributed by atoms with Crippen LogP contribution in [-0.2, 0) is 6.54 Å². The molecule has 1 rings (SSSR count). The standard InChI is InChI=1S/C8H13F2N3/c1-6-3-7(2)13(12-6)5-8(9,10)4-11/h3H,4-5,11H2,1-2H3. The lowest BCUT2D eigenvalue weighted by Crippen LogP contribution is -2.33. The second-order valence-electron chi connectivity index (χ2n) is 3.14. The molecule has 0 aliphatic rings. The molecule has 0 spiro atoms. The number of nitrogens with zero attached hydrogens (tertiary/aromatic N) is 2. The van der Waals surface area contributed by atoms with Gasteiger partial charge in [-0.25, -0.2) is 8.78 Å². The lowest BCUT2D eigenvalue weighted by atomic mass is 10.3. The Morgan fingerprint density at radius 3 is 2.54 bits per heavy atom. The van der Waals surface area contributed by atoms with Crippen molar-refractivity contribution in [2.75, 3.05) is 6.54 Å². The maximum Gasteiger partial charge on any atom is 0.279 e. The summed E-state index contributed by atoms with van der Waals surface area (Å²) >= 11 is 0. The van der Waals surface area contributed by atoms with Gasteiger partial charge in [0.25, 0.3) is 5.92 Å². The zero-order chi connectivity index (χ0) is 10.1. The van der Waals surface area contributed by atoms with Crippen molar-refractivity contribution in [3.63, 3.8) is 0 Å². The van der Waals surface area contributed by atoms with Gasteiger partial charge in [-0.3, -0.25) is 4.68 Å². The summed E-state index contributed by atoms with van der Waals surface area (Å²) in [6.07, 6.45) is 0. The molecular weight excluding hydrogens is 176 g/mol. The number of rotatable bonds is 3. The molecule has 3 nitrogen and oxygen atoms in total. The largest absolute Gasteiger partial charge is 0.325 e. The molecule has 0 amide bonds. The Kier molecular flexibility index (Phi) is 2.66. The van der Waals surface area contributed by atoms with Crippen LogP contribution in [0.1, 0.15) is 11.4 Å². The van der Waals surface area contributed by atoms with E-state index < -0.39 is 19.0 Å². The van der Waals surface area contributed by atoms with E-state index >= 15 is 0 Å². The Bertz CT molecular complexity index is 294. The number of hydrogen-bond acceptors (Lipinski definition) is 2. The quantitative estimate of drug-likeness (QED) is 0.773.